The van der Waals surface area contributed by atoms with Gasteiger partial charge in [-0.2, -0.15) is 0 Å². The molecule has 0 amide bonds. The lowest BCUT2D eigenvalue weighted by atomic mass is 9.99. The molecule has 3 heterocycles. The molecule has 0 unspecified atom stereocenters. The van der Waals surface area contributed by atoms with E-state index in [2.05, 4.69) is 19.9 Å². The molecule has 0 aliphatic heterocycles. The van der Waals surface area contributed by atoms with Gasteiger partial charge in [0, 0.05) is 71.9 Å². The summed E-state index contributed by atoms with van der Waals surface area (Å²) in [6, 6.07) is 3.63. The van der Waals surface area contributed by atoms with Crippen LogP contribution in [-0.2, 0) is 15.8 Å². The molecule has 8 nitrogen and oxygen atoms in total. The summed E-state index contributed by atoms with van der Waals surface area (Å²) in [4.78, 5) is 29.3. The summed E-state index contributed by atoms with van der Waals surface area (Å²) in [7, 11) is -2.47. The number of nitrogens with one attached hydrogen (secondary N) is 1. The third kappa shape index (κ3) is 4.40. The number of ketones is 1. The number of sulfonamides is 1. The van der Waals surface area contributed by atoms with E-state index in [1.807, 2.05) is 0 Å². The summed E-state index contributed by atoms with van der Waals surface area (Å²) in [5.41, 5.74) is 0.608. The number of hydrogen-bond acceptors (Lipinski definition) is 6. The SMILES string of the molecule is CCN(C)S(=O)(=O)Cc1ccc(F)c(C(=O)c2c[nH]c3ncc(-c4cnc(C5CC5)nc4)cc23)c1F. The summed E-state index contributed by atoms with van der Waals surface area (Å²) < 4.78 is 56.0. The number of halogens is 2. The Bertz CT molecular complexity index is 1580. The Hall–Kier alpha value is -3.57. The number of benzene rings is 1. The summed E-state index contributed by atoms with van der Waals surface area (Å²) in [6.07, 6.45) is 8.47. The number of nitrogens with zero attached hydrogens (tertiary/aromatic N) is 4. The fourth-order valence-corrected chi connectivity index (χ4v) is 5.17. The monoisotopic (exact) mass is 511 g/mol. The summed E-state index contributed by atoms with van der Waals surface area (Å²) in [6.45, 7) is 1.83. The first-order valence-electron chi connectivity index (χ1n) is 11.4. The van der Waals surface area contributed by atoms with E-state index in [0.29, 0.717) is 28.1 Å². The maximum absolute atomic E-state index is 15.3. The first-order valence-corrected chi connectivity index (χ1v) is 13.1. The largest absolute Gasteiger partial charge is 0.345 e. The quantitative estimate of drug-likeness (QED) is 0.356. The molecule has 1 N–H and O–H groups in total. The topological polar surface area (TPSA) is 109 Å². The van der Waals surface area contributed by atoms with Crippen molar-refractivity contribution in [2.45, 2.75) is 31.4 Å². The van der Waals surface area contributed by atoms with E-state index in [1.54, 1.807) is 31.6 Å². The van der Waals surface area contributed by atoms with Gasteiger partial charge in [-0.25, -0.2) is 36.5 Å². The molecule has 0 saturated heterocycles. The molecule has 1 aliphatic rings. The molecule has 1 aromatic carbocycles. The van der Waals surface area contributed by atoms with Gasteiger partial charge in [-0.15, -0.1) is 0 Å². The third-order valence-electron chi connectivity index (χ3n) is 6.38. The van der Waals surface area contributed by atoms with Crippen molar-refractivity contribution < 1.29 is 22.0 Å². The second-order valence-corrected chi connectivity index (χ2v) is 10.9. The Morgan fingerprint density at radius 1 is 1.11 bits per heavy atom. The second-order valence-electron chi connectivity index (χ2n) is 8.82. The number of rotatable bonds is 8. The molecular formula is C25H23F2N5O3S. The maximum Gasteiger partial charge on any atom is 0.218 e. The normalized spacial score (nSPS) is 14.0. The van der Waals surface area contributed by atoms with Crippen LogP contribution in [0.5, 0.6) is 0 Å². The fourth-order valence-electron chi connectivity index (χ4n) is 3.94. The minimum Gasteiger partial charge on any atom is -0.345 e. The van der Waals surface area contributed by atoms with Crippen molar-refractivity contribution in [2.75, 3.05) is 13.6 Å². The van der Waals surface area contributed by atoms with Crippen LogP contribution in [0.1, 0.15) is 53.0 Å². The smallest absolute Gasteiger partial charge is 0.218 e. The minimum absolute atomic E-state index is 0.0124. The van der Waals surface area contributed by atoms with Gasteiger partial charge >= 0.3 is 0 Å². The van der Waals surface area contributed by atoms with Crippen molar-refractivity contribution in [3.8, 4) is 11.1 Å². The number of aromatic amines is 1. The van der Waals surface area contributed by atoms with E-state index >= 15 is 4.39 Å². The van der Waals surface area contributed by atoms with Crippen LogP contribution in [0.25, 0.3) is 22.2 Å². The average molecular weight is 512 g/mol. The van der Waals surface area contributed by atoms with Gasteiger partial charge in [0.2, 0.25) is 15.8 Å². The van der Waals surface area contributed by atoms with Crippen LogP contribution in [0.15, 0.2) is 43.0 Å². The van der Waals surface area contributed by atoms with Gasteiger partial charge in [-0.05, 0) is 25.0 Å². The van der Waals surface area contributed by atoms with Gasteiger partial charge in [0.15, 0.2) is 0 Å². The number of pyridine rings is 1. The first kappa shape index (κ1) is 24.1. The molecule has 1 fully saturated rings. The molecule has 0 bridgehead atoms. The van der Waals surface area contributed by atoms with Gasteiger partial charge < -0.3 is 4.98 Å². The van der Waals surface area contributed by atoms with Gasteiger partial charge in [0.25, 0.3) is 0 Å². The predicted molar refractivity (Wildman–Crippen MR) is 130 cm³/mol. The minimum atomic E-state index is -3.84. The van der Waals surface area contributed by atoms with Crippen molar-refractivity contribution >= 4 is 26.8 Å². The molecule has 1 aliphatic carbocycles. The highest BCUT2D eigenvalue weighted by Gasteiger charge is 2.28. The standard InChI is InChI=1S/C25H23F2N5O3S/c1-3-32(2)36(34,35)13-15-6-7-20(26)21(22(15)27)23(33)19-12-31-25-18(19)8-16(9-30-25)17-10-28-24(29-11-17)14-4-5-14/h6-12,14H,3-5,13H2,1-2H3,(H,30,31). The van der Waals surface area contributed by atoms with Crippen molar-refractivity contribution in [3.63, 3.8) is 0 Å². The van der Waals surface area contributed by atoms with Crippen LogP contribution in [0.4, 0.5) is 8.78 Å². The molecule has 4 aromatic rings. The Kier molecular flexibility index (Phi) is 6.13. The lowest BCUT2D eigenvalue weighted by molar-refractivity contribution is 0.103. The number of H-pyrrole nitrogens is 1. The van der Waals surface area contributed by atoms with E-state index in [-0.39, 0.29) is 17.7 Å². The van der Waals surface area contributed by atoms with Crippen molar-refractivity contribution in [1.82, 2.24) is 24.2 Å². The van der Waals surface area contributed by atoms with Crippen molar-refractivity contribution in [2.24, 2.45) is 0 Å². The van der Waals surface area contributed by atoms with Crippen LogP contribution >= 0.6 is 0 Å². The van der Waals surface area contributed by atoms with Crippen molar-refractivity contribution in [3.05, 3.63) is 77.1 Å². The summed E-state index contributed by atoms with van der Waals surface area (Å²) in [5.74, 6) is -2.69. The van der Waals surface area contributed by atoms with Crippen LogP contribution in [0, 0.1) is 11.6 Å². The number of carbonyl (C=O) groups is 1. The van der Waals surface area contributed by atoms with Crippen LogP contribution in [0.3, 0.4) is 0 Å². The molecule has 0 radical (unpaired) electrons. The molecule has 3 aromatic heterocycles. The van der Waals surface area contributed by atoms with E-state index in [4.69, 9.17) is 0 Å². The average Bonchev–Trinajstić information content (AvgIpc) is 3.64. The molecular weight excluding hydrogens is 488 g/mol. The van der Waals surface area contributed by atoms with Gasteiger partial charge in [-0.3, -0.25) is 4.79 Å². The highest BCUT2D eigenvalue weighted by Crippen LogP contribution is 2.38. The Morgan fingerprint density at radius 2 is 1.81 bits per heavy atom. The molecule has 0 atom stereocenters. The Labute approximate surface area is 206 Å². The van der Waals surface area contributed by atoms with Gasteiger partial charge in [-0.1, -0.05) is 13.0 Å². The van der Waals surface area contributed by atoms with Crippen LogP contribution in [-0.4, -0.2) is 52.0 Å². The van der Waals surface area contributed by atoms with E-state index in [9.17, 15) is 17.6 Å². The Morgan fingerprint density at radius 3 is 2.47 bits per heavy atom. The zero-order chi connectivity index (χ0) is 25.6. The summed E-state index contributed by atoms with van der Waals surface area (Å²) >= 11 is 0. The zero-order valence-electron chi connectivity index (χ0n) is 19.6. The fraction of sp³-hybridized carbons (Fsp3) is 0.280. The molecule has 36 heavy (non-hydrogen) atoms. The predicted octanol–water partition coefficient (Wildman–Crippen LogP) is 4.19. The van der Waals surface area contributed by atoms with Gasteiger partial charge in [0.1, 0.15) is 23.1 Å². The molecule has 11 heteroatoms. The lowest BCUT2D eigenvalue weighted by Crippen LogP contribution is -2.28. The lowest BCUT2D eigenvalue weighted by Gasteiger charge is -2.16. The first-order chi connectivity index (χ1) is 17.2. The summed E-state index contributed by atoms with van der Waals surface area (Å²) in [5, 5.41) is 0.367. The molecule has 186 valence electrons. The van der Waals surface area contributed by atoms with E-state index < -0.39 is 38.8 Å². The molecule has 1 saturated carbocycles. The van der Waals surface area contributed by atoms with Crippen LogP contribution in [0.2, 0.25) is 0 Å². The maximum atomic E-state index is 15.3. The zero-order valence-corrected chi connectivity index (χ0v) is 20.4. The van der Waals surface area contributed by atoms with E-state index in [1.165, 1.54) is 13.2 Å². The molecule has 5 rings (SSSR count). The Balaban J connectivity index is 1.52. The van der Waals surface area contributed by atoms with E-state index in [0.717, 1.165) is 35.1 Å². The van der Waals surface area contributed by atoms with Gasteiger partial charge in [0.05, 0.1) is 11.3 Å². The highest BCUT2D eigenvalue weighted by molar-refractivity contribution is 7.88. The number of fused-ring (bicyclic) bond motifs is 1. The molecule has 0 spiro atoms. The van der Waals surface area contributed by atoms with Crippen molar-refractivity contribution in [1.29, 1.82) is 0 Å². The number of carbonyl (C=O) groups excluding carboxylic acids is 1. The van der Waals surface area contributed by atoms with Crippen LogP contribution < -0.4 is 0 Å². The number of hydrogen-bond donors (Lipinski definition) is 1. The second kappa shape index (κ2) is 9.14. The number of aromatic nitrogens is 4. The highest BCUT2D eigenvalue weighted by atomic mass is 32.2. The third-order valence-corrected chi connectivity index (χ3v) is 8.26.